The summed E-state index contributed by atoms with van der Waals surface area (Å²) in [5.74, 6) is -1.51. The number of carbonyl (C=O) groups excluding carboxylic acids is 3. The molecule has 0 radical (unpaired) electrons. The van der Waals surface area contributed by atoms with E-state index in [1.54, 1.807) is 6.92 Å². The Morgan fingerprint density at radius 2 is 1.65 bits per heavy atom. The third kappa shape index (κ3) is 8.56. The molecule has 0 atom stereocenters. The number of rotatable bonds is 9. The summed E-state index contributed by atoms with van der Waals surface area (Å²) in [5, 5.41) is 0. The quantitative estimate of drug-likeness (QED) is 0.303. The van der Waals surface area contributed by atoms with E-state index in [4.69, 9.17) is 9.47 Å². The Morgan fingerprint density at radius 3 is 2.30 bits per heavy atom. The van der Waals surface area contributed by atoms with Gasteiger partial charge in [-0.1, -0.05) is 36.9 Å². The van der Waals surface area contributed by atoms with Crippen molar-refractivity contribution in [3.8, 4) is 0 Å². The average Bonchev–Trinajstić information content (AvgIpc) is 2.53. The molecule has 124 valence electrons. The van der Waals surface area contributed by atoms with Crippen LogP contribution in [-0.4, -0.2) is 24.5 Å². The highest BCUT2D eigenvalue weighted by atomic mass is 16.6. The number of hydrogen-bond acceptors (Lipinski definition) is 5. The number of ether oxygens (including phenoxy) is 2. The number of carbonyl (C=O) groups is 3. The van der Waals surface area contributed by atoms with Crippen molar-refractivity contribution in [2.75, 3.05) is 6.61 Å². The van der Waals surface area contributed by atoms with Crippen LogP contribution in [0.1, 0.15) is 38.2 Å². The van der Waals surface area contributed by atoms with Gasteiger partial charge in [-0.15, -0.1) is 0 Å². The van der Waals surface area contributed by atoms with Crippen molar-refractivity contribution in [1.82, 2.24) is 0 Å². The molecule has 0 heterocycles. The molecule has 1 rings (SSSR count). The van der Waals surface area contributed by atoms with Crippen LogP contribution in [0.2, 0.25) is 0 Å². The first-order valence-electron chi connectivity index (χ1n) is 7.59. The fraction of sp³-hybridized carbons (Fsp3) is 0.389. The highest BCUT2D eigenvalue weighted by Gasteiger charge is 2.10. The minimum Gasteiger partial charge on any atom is -0.462 e. The summed E-state index contributed by atoms with van der Waals surface area (Å²) in [6.07, 6.45) is 1.87. The lowest BCUT2D eigenvalue weighted by atomic mass is 10.1. The Labute approximate surface area is 136 Å². The molecule has 23 heavy (non-hydrogen) atoms. The molecule has 1 aromatic rings. The molecule has 0 unspecified atom stereocenters. The van der Waals surface area contributed by atoms with Crippen LogP contribution in [-0.2, 0) is 30.3 Å². The summed E-state index contributed by atoms with van der Waals surface area (Å²) in [6, 6.07) is 9.53. The maximum absolute atomic E-state index is 11.6. The van der Waals surface area contributed by atoms with E-state index in [1.165, 1.54) is 0 Å². The molecule has 0 aliphatic carbocycles. The molecule has 0 bridgehead atoms. The Morgan fingerprint density at radius 1 is 1.00 bits per heavy atom. The number of hydrogen-bond donors (Lipinski definition) is 0. The van der Waals surface area contributed by atoms with E-state index >= 15 is 0 Å². The maximum atomic E-state index is 11.6. The van der Waals surface area contributed by atoms with Gasteiger partial charge in [0.05, 0.1) is 13.0 Å². The topological polar surface area (TPSA) is 69.7 Å². The Balaban J connectivity index is 2.10. The van der Waals surface area contributed by atoms with Crippen molar-refractivity contribution in [3.63, 3.8) is 0 Å². The number of aryl methyl sites for hydroxylation is 1. The van der Waals surface area contributed by atoms with Gasteiger partial charge in [0.1, 0.15) is 0 Å². The van der Waals surface area contributed by atoms with Crippen molar-refractivity contribution in [2.45, 2.75) is 39.0 Å². The summed E-state index contributed by atoms with van der Waals surface area (Å²) in [6.45, 7) is 5.26. The van der Waals surface area contributed by atoms with Crippen LogP contribution in [0.5, 0.6) is 0 Å². The zero-order valence-corrected chi connectivity index (χ0v) is 13.4. The van der Waals surface area contributed by atoms with Crippen LogP contribution in [0.15, 0.2) is 42.5 Å². The molecular weight excluding hydrogens is 296 g/mol. The van der Waals surface area contributed by atoms with Gasteiger partial charge in [-0.2, -0.15) is 0 Å². The van der Waals surface area contributed by atoms with E-state index in [1.807, 2.05) is 30.3 Å². The van der Waals surface area contributed by atoms with Gasteiger partial charge in [0, 0.05) is 12.0 Å². The Kier molecular flexibility index (Phi) is 8.36. The SMILES string of the molecule is C=C(C)C(=O)OCCCCC(=O)OC(=O)CCc1ccccc1. The van der Waals surface area contributed by atoms with E-state index < -0.39 is 17.9 Å². The van der Waals surface area contributed by atoms with Gasteiger partial charge in [0.25, 0.3) is 0 Å². The third-order valence-corrected chi connectivity index (χ3v) is 3.05. The first-order valence-corrected chi connectivity index (χ1v) is 7.59. The van der Waals surface area contributed by atoms with Crippen LogP contribution in [0.25, 0.3) is 0 Å². The predicted molar refractivity (Wildman–Crippen MR) is 85.5 cm³/mol. The van der Waals surface area contributed by atoms with Crippen molar-refractivity contribution in [3.05, 3.63) is 48.0 Å². The van der Waals surface area contributed by atoms with E-state index in [-0.39, 0.29) is 19.4 Å². The summed E-state index contributed by atoms with van der Waals surface area (Å²) >= 11 is 0. The van der Waals surface area contributed by atoms with E-state index in [2.05, 4.69) is 6.58 Å². The van der Waals surface area contributed by atoms with Crippen molar-refractivity contribution < 1.29 is 23.9 Å². The van der Waals surface area contributed by atoms with Gasteiger partial charge < -0.3 is 9.47 Å². The lowest BCUT2D eigenvalue weighted by Gasteiger charge is -2.05. The lowest BCUT2D eigenvalue weighted by molar-refractivity contribution is -0.159. The molecule has 0 aliphatic heterocycles. The molecule has 0 amide bonds. The maximum Gasteiger partial charge on any atom is 0.333 e. The third-order valence-electron chi connectivity index (χ3n) is 3.05. The van der Waals surface area contributed by atoms with Crippen LogP contribution in [0.3, 0.4) is 0 Å². The second kappa shape index (κ2) is 10.3. The molecule has 0 aromatic heterocycles. The molecule has 0 saturated heterocycles. The fourth-order valence-corrected chi connectivity index (χ4v) is 1.78. The second-order valence-corrected chi connectivity index (χ2v) is 5.21. The van der Waals surface area contributed by atoms with Crippen LogP contribution < -0.4 is 0 Å². The minimum atomic E-state index is -0.547. The standard InChI is InChI=1S/C18H22O5/c1-14(2)18(21)22-13-7-6-10-16(19)23-17(20)12-11-15-8-4-3-5-9-15/h3-5,8-9H,1,6-7,10-13H2,2H3. The largest absolute Gasteiger partial charge is 0.462 e. The van der Waals surface area contributed by atoms with Gasteiger partial charge in [-0.25, -0.2) is 4.79 Å². The average molecular weight is 318 g/mol. The van der Waals surface area contributed by atoms with E-state index in [9.17, 15) is 14.4 Å². The number of unbranched alkanes of at least 4 members (excludes halogenated alkanes) is 1. The smallest absolute Gasteiger partial charge is 0.333 e. The van der Waals surface area contributed by atoms with Crippen LogP contribution in [0.4, 0.5) is 0 Å². The summed E-state index contributed by atoms with van der Waals surface area (Å²) < 4.78 is 9.63. The Bertz CT molecular complexity index is 548. The first-order chi connectivity index (χ1) is 11.0. The summed E-state index contributed by atoms with van der Waals surface area (Å²) in [5.41, 5.74) is 1.37. The van der Waals surface area contributed by atoms with Gasteiger partial charge >= 0.3 is 17.9 Å². The molecule has 0 saturated carbocycles. The highest BCUT2D eigenvalue weighted by Crippen LogP contribution is 2.05. The zero-order chi connectivity index (χ0) is 17.1. The van der Waals surface area contributed by atoms with E-state index in [0.717, 1.165) is 5.56 Å². The van der Waals surface area contributed by atoms with Crippen molar-refractivity contribution in [2.24, 2.45) is 0 Å². The van der Waals surface area contributed by atoms with Crippen LogP contribution >= 0.6 is 0 Å². The zero-order valence-electron chi connectivity index (χ0n) is 13.4. The van der Waals surface area contributed by atoms with Gasteiger partial charge in [-0.3, -0.25) is 9.59 Å². The molecule has 0 fully saturated rings. The molecule has 1 aromatic carbocycles. The summed E-state index contributed by atoms with van der Waals surface area (Å²) in [4.78, 5) is 34.2. The fourth-order valence-electron chi connectivity index (χ4n) is 1.78. The second-order valence-electron chi connectivity index (χ2n) is 5.21. The molecule has 0 aliphatic rings. The molecule has 0 N–H and O–H groups in total. The molecular formula is C18H22O5. The molecule has 5 heteroatoms. The van der Waals surface area contributed by atoms with Gasteiger partial charge in [-0.05, 0) is 31.7 Å². The molecule has 0 spiro atoms. The predicted octanol–water partition coefficient (Wildman–Crippen LogP) is 2.98. The highest BCUT2D eigenvalue weighted by molar-refractivity contribution is 5.87. The number of esters is 3. The monoisotopic (exact) mass is 318 g/mol. The lowest BCUT2D eigenvalue weighted by Crippen LogP contribution is -2.13. The van der Waals surface area contributed by atoms with Gasteiger partial charge in [0.15, 0.2) is 0 Å². The van der Waals surface area contributed by atoms with Gasteiger partial charge in [0.2, 0.25) is 0 Å². The summed E-state index contributed by atoms with van der Waals surface area (Å²) in [7, 11) is 0. The number of benzene rings is 1. The molecule has 5 nitrogen and oxygen atoms in total. The van der Waals surface area contributed by atoms with E-state index in [0.29, 0.717) is 24.8 Å². The van der Waals surface area contributed by atoms with Crippen LogP contribution in [0, 0.1) is 0 Å². The minimum absolute atomic E-state index is 0.127. The Hall–Kier alpha value is -2.43. The van der Waals surface area contributed by atoms with Crippen molar-refractivity contribution in [1.29, 1.82) is 0 Å². The normalized spacial score (nSPS) is 9.96. The van der Waals surface area contributed by atoms with Crippen molar-refractivity contribution >= 4 is 17.9 Å². The first kappa shape index (κ1) is 18.6.